The Hall–Kier alpha value is -2.00. The van der Waals surface area contributed by atoms with E-state index in [4.69, 9.17) is 14.6 Å². The molecule has 0 aliphatic heterocycles. The maximum absolute atomic E-state index is 5.90. The van der Waals surface area contributed by atoms with Crippen LogP contribution < -0.4 is 5.73 Å². The Labute approximate surface area is 128 Å². The Morgan fingerprint density at radius 2 is 2.14 bits per heavy atom. The summed E-state index contributed by atoms with van der Waals surface area (Å²) in [5.74, 6) is 1.24. The number of halogens is 1. The molecule has 9 heteroatoms. The van der Waals surface area contributed by atoms with Crippen LogP contribution in [0.3, 0.4) is 0 Å². The van der Waals surface area contributed by atoms with Crippen LogP contribution in [0.25, 0.3) is 11.7 Å². The molecule has 0 saturated carbocycles. The average molecular weight is 353 g/mol. The molecule has 0 fully saturated rings. The van der Waals surface area contributed by atoms with Gasteiger partial charge in [0.25, 0.3) is 5.89 Å². The van der Waals surface area contributed by atoms with Gasteiger partial charge in [0.15, 0.2) is 10.4 Å². The highest BCUT2D eigenvalue weighted by Gasteiger charge is 2.14. The minimum Gasteiger partial charge on any atom is -0.444 e. The predicted molar refractivity (Wildman–Crippen MR) is 76.0 cm³/mol. The molecule has 0 radical (unpaired) electrons. The van der Waals surface area contributed by atoms with E-state index in [0.717, 1.165) is 12.1 Å². The van der Waals surface area contributed by atoms with Crippen molar-refractivity contribution < 1.29 is 8.83 Å². The maximum Gasteiger partial charge on any atom is 0.283 e. The van der Waals surface area contributed by atoms with Crippen molar-refractivity contribution in [3.8, 4) is 11.7 Å². The van der Waals surface area contributed by atoms with E-state index in [-0.39, 0.29) is 6.04 Å². The summed E-state index contributed by atoms with van der Waals surface area (Å²) in [6, 6.07) is 3.39. The van der Waals surface area contributed by atoms with Crippen molar-refractivity contribution in [3.05, 3.63) is 34.6 Å². The van der Waals surface area contributed by atoms with E-state index in [1.54, 1.807) is 23.0 Å². The predicted octanol–water partition coefficient (Wildman–Crippen LogP) is 2.14. The molecule has 0 aromatic carbocycles. The van der Waals surface area contributed by atoms with E-state index in [9.17, 15) is 0 Å². The van der Waals surface area contributed by atoms with Crippen molar-refractivity contribution in [2.45, 2.75) is 25.9 Å². The second kappa shape index (κ2) is 5.78. The lowest BCUT2D eigenvalue weighted by Crippen LogP contribution is -2.08. The number of nitrogens with zero attached hydrogens (tertiary/aromatic N) is 5. The highest BCUT2D eigenvalue weighted by atomic mass is 79.9. The average Bonchev–Trinajstić information content (AvgIpc) is 3.19. The van der Waals surface area contributed by atoms with Crippen LogP contribution in [-0.4, -0.2) is 25.2 Å². The molecule has 8 nitrogen and oxygen atoms in total. The Kier molecular flexibility index (Phi) is 3.84. The number of nitrogens with two attached hydrogens (primary N) is 1. The first kappa shape index (κ1) is 14.0. The molecule has 110 valence electrons. The quantitative estimate of drug-likeness (QED) is 0.748. The zero-order chi connectivity index (χ0) is 14.8. The van der Waals surface area contributed by atoms with Crippen LogP contribution >= 0.6 is 15.9 Å². The lowest BCUT2D eigenvalue weighted by Gasteiger charge is -2.01. The standard InChI is InChI=1S/C12H13BrN6O2/c1-2-7(14)8-5-19(18-15-8)6-11-16-17-12(21-11)9-3-4-10(13)20-9/h3-5,7H,2,6,14H2,1H3. The van der Waals surface area contributed by atoms with Crippen LogP contribution in [0.1, 0.15) is 31.0 Å². The highest BCUT2D eigenvalue weighted by molar-refractivity contribution is 9.10. The summed E-state index contributed by atoms with van der Waals surface area (Å²) in [5, 5.41) is 15.9. The molecule has 0 aliphatic carbocycles. The fraction of sp³-hybridized carbons (Fsp3) is 0.333. The second-order valence-corrected chi connectivity index (χ2v) is 5.24. The summed E-state index contributed by atoms with van der Waals surface area (Å²) in [6.07, 6.45) is 2.58. The first-order valence-corrected chi connectivity index (χ1v) is 7.18. The van der Waals surface area contributed by atoms with Crippen LogP contribution in [0.15, 0.2) is 31.8 Å². The van der Waals surface area contributed by atoms with Gasteiger partial charge in [-0.1, -0.05) is 12.1 Å². The largest absolute Gasteiger partial charge is 0.444 e. The zero-order valence-electron chi connectivity index (χ0n) is 11.2. The van der Waals surface area contributed by atoms with Gasteiger partial charge in [0.2, 0.25) is 5.89 Å². The number of furan rings is 1. The van der Waals surface area contributed by atoms with Gasteiger partial charge in [-0.15, -0.1) is 15.3 Å². The number of hydrogen-bond donors (Lipinski definition) is 1. The monoisotopic (exact) mass is 352 g/mol. The van der Waals surface area contributed by atoms with Crippen LogP contribution in [0.5, 0.6) is 0 Å². The summed E-state index contributed by atoms with van der Waals surface area (Å²) in [7, 11) is 0. The van der Waals surface area contributed by atoms with Crippen LogP contribution in [-0.2, 0) is 6.54 Å². The van der Waals surface area contributed by atoms with Gasteiger partial charge in [0.05, 0.1) is 17.9 Å². The van der Waals surface area contributed by atoms with Gasteiger partial charge >= 0.3 is 0 Å². The van der Waals surface area contributed by atoms with Crippen molar-refractivity contribution in [1.29, 1.82) is 0 Å². The molecule has 1 atom stereocenters. The SMILES string of the molecule is CCC(N)c1cn(Cc2nnc(-c3ccc(Br)o3)o2)nn1. The minimum atomic E-state index is -0.113. The minimum absolute atomic E-state index is 0.113. The Balaban J connectivity index is 1.74. The highest BCUT2D eigenvalue weighted by Crippen LogP contribution is 2.23. The Bertz CT molecular complexity index is 734. The molecule has 2 N–H and O–H groups in total. The summed E-state index contributed by atoms with van der Waals surface area (Å²) < 4.78 is 13.1. The Morgan fingerprint density at radius 3 is 2.86 bits per heavy atom. The molecule has 0 spiro atoms. The first-order chi connectivity index (χ1) is 10.2. The molecule has 0 amide bonds. The number of rotatable bonds is 5. The normalized spacial score (nSPS) is 12.7. The van der Waals surface area contributed by atoms with E-state index in [1.807, 2.05) is 6.92 Å². The van der Waals surface area contributed by atoms with Crippen molar-refractivity contribution in [3.63, 3.8) is 0 Å². The molecule has 3 aromatic heterocycles. The third kappa shape index (κ3) is 3.03. The summed E-state index contributed by atoms with van der Waals surface area (Å²) in [5.41, 5.74) is 6.64. The summed E-state index contributed by atoms with van der Waals surface area (Å²) in [6.45, 7) is 2.33. The van der Waals surface area contributed by atoms with Crippen molar-refractivity contribution >= 4 is 15.9 Å². The second-order valence-electron chi connectivity index (χ2n) is 4.46. The fourth-order valence-electron chi connectivity index (χ4n) is 1.75. The third-order valence-corrected chi connectivity index (χ3v) is 3.35. The van der Waals surface area contributed by atoms with Gasteiger partial charge in [-0.2, -0.15) is 0 Å². The molecular formula is C12H13BrN6O2. The van der Waals surface area contributed by atoms with Gasteiger partial charge in [0, 0.05) is 0 Å². The molecule has 0 aliphatic rings. The molecule has 1 unspecified atom stereocenters. The maximum atomic E-state index is 5.90. The van der Waals surface area contributed by atoms with Crippen molar-refractivity contribution in [2.75, 3.05) is 0 Å². The van der Waals surface area contributed by atoms with Crippen molar-refractivity contribution in [1.82, 2.24) is 25.2 Å². The van der Waals surface area contributed by atoms with E-state index in [0.29, 0.717) is 28.8 Å². The topological polar surface area (TPSA) is 109 Å². The van der Waals surface area contributed by atoms with E-state index in [1.165, 1.54) is 0 Å². The van der Waals surface area contributed by atoms with Crippen LogP contribution in [0, 0.1) is 0 Å². The first-order valence-electron chi connectivity index (χ1n) is 6.39. The van der Waals surface area contributed by atoms with E-state index in [2.05, 4.69) is 36.4 Å². The van der Waals surface area contributed by atoms with Crippen molar-refractivity contribution in [2.24, 2.45) is 5.73 Å². The van der Waals surface area contributed by atoms with Crippen LogP contribution in [0.2, 0.25) is 0 Å². The molecule has 3 rings (SSSR count). The fourth-order valence-corrected chi connectivity index (χ4v) is 2.06. The number of hydrogen-bond acceptors (Lipinski definition) is 7. The molecule has 0 saturated heterocycles. The van der Waals surface area contributed by atoms with E-state index >= 15 is 0 Å². The number of aromatic nitrogens is 5. The smallest absolute Gasteiger partial charge is 0.283 e. The zero-order valence-corrected chi connectivity index (χ0v) is 12.8. The van der Waals surface area contributed by atoms with Gasteiger partial charge < -0.3 is 14.6 Å². The lowest BCUT2D eigenvalue weighted by atomic mass is 10.2. The molecule has 21 heavy (non-hydrogen) atoms. The van der Waals surface area contributed by atoms with Gasteiger partial charge in [-0.3, -0.25) is 0 Å². The molecule has 3 heterocycles. The molecular weight excluding hydrogens is 340 g/mol. The molecule has 3 aromatic rings. The summed E-state index contributed by atoms with van der Waals surface area (Å²) >= 11 is 3.22. The van der Waals surface area contributed by atoms with Gasteiger partial charge in [0.1, 0.15) is 6.54 Å². The van der Waals surface area contributed by atoms with E-state index < -0.39 is 0 Å². The van der Waals surface area contributed by atoms with Crippen LogP contribution in [0.4, 0.5) is 0 Å². The third-order valence-electron chi connectivity index (χ3n) is 2.92. The Morgan fingerprint density at radius 1 is 1.29 bits per heavy atom. The van der Waals surface area contributed by atoms with Gasteiger partial charge in [-0.25, -0.2) is 4.68 Å². The van der Waals surface area contributed by atoms with Gasteiger partial charge in [-0.05, 0) is 34.5 Å². The summed E-state index contributed by atoms with van der Waals surface area (Å²) in [4.78, 5) is 0. The molecule has 0 bridgehead atoms. The lowest BCUT2D eigenvalue weighted by molar-refractivity contribution is 0.451.